The minimum Gasteiger partial charge on any atom is -0.383 e. The van der Waals surface area contributed by atoms with Crippen LogP contribution in [0.4, 0.5) is 5.82 Å². The van der Waals surface area contributed by atoms with Gasteiger partial charge >= 0.3 is 0 Å². The number of benzene rings is 1. The van der Waals surface area contributed by atoms with Gasteiger partial charge < -0.3 is 5.73 Å². The average Bonchev–Trinajstić information content (AvgIpc) is 2.46. The summed E-state index contributed by atoms with van der Waals surface area (Å²) in [5.41, 5.74) is 8.89. The van der Waals surface area contributed by atoms with Gasteiger partial charge in [-0.3, -0.25) is 0 Å². The van der Waals surface area contributed by atoms with Crippen LogP contribution < -0.4 is 5.73 Å². The van der Waals surface area contributed by atoms with E-state index in [1.807, 2.05) is 37.3 Å². The van der Waals surface area contributed by atoms with E-state index < -0.39 is 0 Å². The number of aromatic nitrogens is 3. The van der Waals surface area contributed by atoms with Gasteiger partial charge in [-0.25, -0.2) is 15.0 Å². The van der Waals surface area contributed by atoms with Crippen LogP contribution in [0.15, 0.2) is 36.5 Å². The number of nitrogens with two attached hydrogens (primary N) is 1. The van der Waals surface area contributed by atoms with Crippen LogP contribution in [0, 0.1) is 6.92 Å². The molecule has 0 aliphatic rings. The highest BCUT2D eigenvalue weighted by atomic mass is 35.5. The molecule has 1 unspecified atom stereocenters. The van der Waals surface area contributed by atoms with Crippen molar-refractivity contribution in [1.82, 2.24) is 15.0 Å². The Morgan fingerprint density at radius 1 is 1.19 bits per heavy atom. The first kappa shape index (κ1) is 13.8. The zero-order valence-corrected chi connectivity index (χ0v) is 12.6. The van der Waals surface area contributed by atoms with Crippen molar-refractivity contribution in [3.05, 3.63) is 58.5 Å². The van der Waals surface area contributed by atoms with Gasteiger partial charge in [-0.2, -0.15) is 0 Å². The summed E-state index contributed by atoms with van der Waals surface area (Å²) in [5.74, 6) is 1.15. The molecular weight excluding hydrogens is 284 g/mol. The lowest BCUT2D eigenvalue weighted by Gasteiger charge is -2.14. The molecule has 21 heavy (non-hydrogen) atoms. The molecule has 0 bridgehead atoms. The number of pyridine rings is 1. The normalized spacial score (nSPS) is 12.5. The van der Waals surface area contributed by atoms with Crippen LogP contribution in [0.3, 0.4) is 0 Å². The molecule has 0 spiro atoms. The molecule has 2 N–H and O–H groups in total. The van der Waals surface area contributed by atoms with Crippen LogP contribution in [0.25, 0.3) is 11.0 Å². The Labute approximate surface area is 128 Å². The third kappa shape index (κ3) is 2.54. The van der Waals surface area contributed by atoms with Crippen molar-refractivity contribution in [3.8, 4) is 0 Å². The van der Waals surface area contributed by atoms with E-state index in [-0.39, 0.29) is 5.92 Å². The minimum atomic E-state index is 0.0240. The van der Waals surface area contributed by atoms with E-state index in [1.54, 1.807) is 6.20 Å². The second-order valence-electron chi connectivity index (χ2n) is 5.06. The molecule has 0 saturated carbocycles. The van der Waals surface area contributed by atoms with Crippen LogP contribution in [0.1, 0.15) is 29.8 Å². The Morgan fingerprint density at radius 2 is 2.00 bits per heavy atom. The van der Waals surface area contributed by atoms with Crippen LogP contribution in [0.2, 0.25) is 5.02 Å². The first-order valence-corrected chi connectivity index (χ1v) is 7.08. The molecule has 2 heterocycles. The summed E-state index contributed by atoms with van der Waals surface area (Å²) in [5, 5.41) is 1.50. The van der Waals surface area contributed by atoms with Gasteiger partial charge in [-0.1, -0.05) is 24.6 Å². The molecule has 1 aromatic carbocycles. The smallest absolute Gasteiger partial charge is 0.164 e. The van der Waals surface area contributed by atoms with Gasteiger partial charge in [-0.15, -0.1) is 0 Å². The van der Waals surface area contributed by atoms with Crippen molar-refractivity contribution in [3.63, 3.8) is 0 Å². The van der Waals surface area contributed by atoms with E-state index in [4.69, 9.17) is 17.3 Å². The monoisotopic (exact) mass is 298 g/mol. The van der Waals surface area contributed by atoms with E-state index in [9.17, 15) is 0 Å². The molecule has 0 aliphatic heterocycles. The third-order valence-electron chi connectivity index (χ3n) is 3.60. The standard InChI is InChI=1S/C16H15ClN4/c1-9-8-11(17)5-6-12(9)10(2)15-20-14(18)13-4-3-7-19-16(13)21-15/h3-8,10H,1-2H3,(H2,18,19,20,21). The first-order valence-electron chi connectivity index (χ1n) is 6.70. The molecule has 106 valence electrons. The quantitative estimate of drug-likeness (QED) is 0.783. The molecular formula is C16H15ClN4. The maximum absolute atomic E-state index is 6.02. The Kier molecular flexibility index (Phi) is 3.47. The maximum atomic E-state index is 6.02. The van der Waals surface area contributed by atoms with Crippen molar-refractivity contribution in [2.45, 2.75) is 19.8 Å². The molecule has 2 aromatic heterocycles. The van der Waals surface area contributed by atoms with Crippen LogP contribution in [-0.4, -0.2) is 15.0 Å². The van der Waals surface area contributed by atoms with Gasteiger partial charge in [0.2, 0.25) is 0 Å². The van der Waals surface area contributed by atoms with Crippen LogP contribution >= 0.6 is 11.6 Å². The van der Waals surface area contributed by atoms with Crippen molar-refractivity contribution in [2.75, 3.05) is 5.73 Å². The summed E-state index contributed by atoms with van der Waals surface area (Å²) in [4.78, 5) is 13.2. The topological polar surface area (TPSA) is 64.7 Å². The van der Waals surface area contributed by atoms with Crippen LogP contribution in [-0.2, 0) is 0 Å². The molecule has 0 aliphatic carbocycles. The van der Waals surface area contributed by atoms with Gasteiger partial charge in [0, 0.05) is 17.1 Å². The summed E-state index contributed by atoms with van der Waals surface area (Å²) in [7, 11) is 0. The molecule has 5 heteroatoms. The number of fused-ring (bicyclic) bond motifs is 1. The van der Waals surface area contributed by atoms with E-state index in [1.165, 1.54) is 0 Å². The van der Waals surface area contributed by atoms with Crippen molar-refractivity contribution >= 4 is 28.5 Å². The molecule has 0 saturated heterocycles. The minimum absolute atomic E-state index is 0.0240. The van der Waals surface area contributed by atoms with Gasteiger partial charge in [0.25, 0.3) is 0 Å². The van der Waals surface area contributed by atoms with E-state index >= 15 is 0 Å². The lowest BCUT2D eigenvalue weighted by Crippen LogP contribution is -2.07. The highest BCUT2D eigenvalue weighted by molar-refractivity contribution is 6.30. The predicted molar refractivity (Wildman–Crippen MR) is 85.5 cm³/mol. The van der Waals surface area contributed by atoms with Crippen molar-refractivity contribution in [1.29, 1.82) is 0 Å². The van der Waals surface area contributed by atoms with E-state index in [0.29, 0.717) is 17.3 Å². The fourth-order valence-electron chi connectivity index (χ4n) is 2.46. The number of aryl methyl sites for hydroxylation is 1. The summed E-state index contributed by atoms with van der Waals surface area (Å²) in [6.07, 6.45) is 1.71. The van der Waals surface area contributed by atoms with E-state index in [0.717, 1.165) is 21.5 Å². The SMILES string of the molecule is Cc1cc(Cl)ccc1C(C)c1nc(N)c2cccnc2n1. The highest BCUT2D eigenvalue weighted by Gasteiger charge is 2.16. The number of hydrogen-bond acceptors (Lipinski definition) is 4. The fourth-order valence-corrected chi connectivity index (χ4v) is 2.69. The number of halogens is 1. The fraction of sp³-hybridized carbons (Fsp3) is 0.188. The van der Waals surface area contributed by atoms with Crippen LogP contribution in [0.5, 0.6) is 0 Å². The highest BCUT2D eigenvalue weighted by Crippen LogP contribution is 2.28. The van der Waals surface area contributed by atoms with Crippen molar-refractivity contribution in [2.24, 2.45) is 0 Å². The number of nitrogen functional groups attached to an aromatic ring is 1. The Morgan fingerprint density at radius 3 is 2.76 bits per heavy atom. The van der Waals surface area contributed by atoms with Gasteiger partial charge in [0.15, 0.2) is 5.65 Å². The van der Waals surface area contributed by atoms with E-state index in [2.05, 4.69) is 21.9 Å². The number of nitrogens with zero attached hydrogens (tertiary/aromatic N) is 3. The molecule has 4 nitrogen and oxygen atoms in total. The lowest BCUT2D eigenvalue weighted by molar-refractivity contribution is 0.819. The average molecular weight is 299 g/mol. The maximum Gasteiger partial charge on any atom is 0.164 e. The first-order chi connectivity index (χ1) is 10.1. The molecule has 1 atom stereocenters. The van der Waals surface area contributed by atoms with Crippen molar-refractivity contribution < 1.29 is 0 Å². The Hall–Kier alpha value is -2.20. The molecule has 0 radical (unpaired) electrons. The number of hydrogen-bond donors (Lipinski definition) is 1. The second-order valence-corrected chi connectivity index (χ2v) is 5.50. The lowest BCUT2D eigenvalue weighted by atomic mass is 9.95. The molecule has 0 amide bonds. The van der Waals surface area contributed by atoms with Gasteiger partial charge in [0.1, 0.15) is 11.6 Å². The van der Waals surface area contributed by atoms with Gasteiger partial charge in [0.05, 0.1) is 5.39 Å². The summed E-state index contributed by atoms with van der Waals surface area (Å²) >= 11 is 6.01. The number of anilines is 1. The Bertz CT molecular complexity index is 816. The number of rotatable bonds is 2. The Balaban J connectivity index is 2.11. The molecule has 3 rings (SSSR count). The predicted octanol–water partition coefficient (Wildman–Crippen LogP) is 3.72. The largest absolute Gasteiger partial charge is 0.383 e. The third-order valence-corrected chi connectivity index (χ3v) is 3.84. The van der Waals surface area contributed by atoms with Gasteiger partial charge in [-0.05, 0) is 42.3 Å². The summed E-state index contributed by atoms with van der Waals surface area (Å²) < 4.78 is 0. The second kappa shape index (κ2) is 5.30. The summed E-state index contributed by atoms with van der Waals surface area (Å²) in [6, 6.07) is 9.53. The molecule has 0 fully saturated rings. The zero-order chi connectivity index (χ0) is 15.0. The summed E-state index contributed by atoms with van der Waals surface area (Å²) in [6.45, 7) is 4.08. The zero-order valence-electron chi connectivity index (χ0n) is 11.8. The molecule has 3 aromatic rings.